The van der Waals surface area contributed by atoms with Gasteiger partial charge in [0.15, 0.2) is 6.10 Å². The molecule has 0 aromatic carbocycles. The van der Waals surface area contributed by atoms with Crippen molar-refractivity contribution in [3.05, 3.63) is 24.3 Å². The van der Waals surface area contributed by atoms with Gasteiger partial charge >= 0.3 is 17.9 Å². The van der Waals surface area contributed by atoms with E-state index in [1.807, 2.05) is 0 Å². The zero-order valence-corrected chi connectivity index (χ0v) is 54.4. The lowest BCUT2D eigenvalue weighted by molar-refractivity contribution is -0.167. The highest BCUT2D eigenvalue weighted by Crippen LogP contribution is 2.19. The van der Waals surface area contributed by atoms with Crippen molar-refractivity contribution < 1.29 is 28.6 Å². The highest BCUT2D eigenvalue weighted by atomic mass is 16.6. The van der Waals surface area contributed by atoms with Crippen molar-refractivity contribution in [2.45, 2.75) is 419 Å². The number of carbonyl (C=O) groups excluding carboxylic acids is 3. The molecule has 0 N–H and O–H groups in total. The van der Waals surface area contributed by atoms with E-state index >= 15 is 0 Å². The van der Waals surface area contributed by atoms with Crippen LogP contribution in [-0.4, -0.2) is 37.2 Å². The molecule has 0 saturated carbocycles. The van der Waals surface area contributed by atoms with Gasteiger partial charge in [-0.2, -0.15) is 0 Å². The molecule has 0 heterocycles. The molecule has 0 saturated heterocycles. The second-order valence-electron chi connectivity index (χ2n) is 24.9. The van der Waals surface area contributed by atoms with Crippen molar-refractivity contribution in [1.82, 2.24) is 0 Å². The predicted octanol–water partition coefficient (Wildman–Crippen LogP) is 25.0. The van der Waals surface area contributed by atoms with Gasteiger partial charge in [0, 0.05) is 19.3 Å². The first kappa shape index (κ1) is 77.9. The van der Waals surface area contributed by atoms with E-state index in [4.69, 9.17) is 14.2 Å². The van der Waals surface area contributed by atoms with Crippen molar-refractivity contribution in [2.24, 2.45) is 0 Å². The minimum Gasteiger partial charge on any atom is -0.462 e. The third-order valence-electron chi connectivity index (χ3n) is 16.7. The van der Waals surface area contributed by atoms with Gasteiger partial charge in [-0.15, -0.1) is 0 Å². The zero-order valence-electron chi connectivity index (χ0n) is 54.4. The van der Waals surface area contributed by atoms with Crippen LogP contribution in [0.4, 0.5) is 0 Å². The Morgan fingerprint density at radius 1 is 0.250 bits per heavy atom. The van der Waals surface area contributed by atoms with Crippen molar-refractivity contribution in [2.75, 3.05) is 13.2 Å². The van der Waals surface area contributed by atoms with E-state index in [0.29, 0.717) is 19.3 Å². The number of hydrogen-bond donors (Lipinski definition) is 0. The fraction of sp³-hybridized carbons (Fsp3) is 0.905. The number of allylic oxidation sites excluding steroid dienone is 4. The molecule has 0 amide bonds. The average Bonchev–Trinajstić information content (AvgIpc) is 3.46. The number of unbranched alkanes of at least 4 members (excludes halogenated alkanes) is 53. The van der Waals surface area contributed by atoms with Gasteiger partial charge < -0.3 is 14.2 Å². The summed E-state index contributed by atoms with van der Waals surface area (Å²) in [4.78, 5) is 38.0. The summed E-state index contributed by atoms with van der Waals surface area (Å²) in [5, 5.41) is 0. The summed E-state index contributed by atoms with van der Waals surface area (Å²) in [6.45, 7) is 6.62. The summed E-state index contributed by atoms with van der Waals surface area (Å²) >= 11 is 0. The van der Waals surface area contributed by atoms with E-state index in [0.717, 1.165) is 70.6 Å². The van der Waals surface area contributed by atoms with E-state index in [9.17, 15) is 14.4 Å². The SMILES string of the molecule is CCCCCCC/C=C\C/C=C\CCCCCCCCCCCCCC(=O)OC(COC(=O)CCCCCCC)COC(=O)CCCCCCCCCCCCCCCCCCCCCCCCCCCCCCCCCCCC. The molecule has 0 radical (unpaired) electrons. The molecule has 0 rings (SSSR count). The molecule has 1 atom stereocenters. The molecule has 472 valence electrons. The van der Waals surface area contributed by atoms with Gasteiger partial charge in [-0.05, 0) is 51.4 Å². The number of hydrogen-bond acceptors (Lipinski definition) is 6. The molecular weight excluding hydrogens is 985 g/mol. The van der Waals surface area contributed by atoms with Crippen LogP contribution in [-0.2, 0) is 28.6 Å². The lowest BCUT2D eigenvalue weighted by atomic mass is 10.0. The molecule has 0 aliphatic carbocycles. The molecule has 0 aromatic rings. The third-order valence-corrected chi connectivity index (χ3v) is 16.7. The summed E-state index contributed by atoms with van der Waals surface area (Å²) < 4.78 is 16.8. The molecule has 0 aliphatic heterocycles. The highest BCUT2D eigenvalue weighted by molar-refractivity contribution is 5.71. The number of carbonyl (C=O) groups is 3. The molecule has 0 spiro atoms. The number of ether oxygens (including phenoxy) is 3. The lowest BCUT2D eigenvalue weighted by Crippen LogP contribution is -2.30. The Labute approximate surface area is 500 Å². The third kappa shape index (κ3) is 66.7. The maximum atomic E-state index is 12.8. The molecule has 0 aliphatic rings. The largest absolute Gasteiger partial charge is 0.462 e. The molecule has 1 unspecified atom stereocenters. The van der Waals surface area contributed by atoms with Gasteiger partial charge in [0.2, 0.25) is 0 Å². The van der Waals surface area contributed by atoms with E-state index < -0.39 is 6.10 Å². The average molecular weight is 1130 g/mol. The Hall–Kier alpha value is -2.11. The van der Waals surface area contributed by atoms with Crippen LogP contribution in [0.5, 0.6) is 0 Å². The fourth-order valence-corrected chi connectivity index (χ4v) is 11.2. The molecule has 0 fully saturated rings. The highest BCUT2D eigenvalue weighted by Gasteiger charge is 2.19. The van der Waals surface area contributed by atoms with E-state index in [-0.39, 0.29) is 31.1 Å². The molecule has 0 bridgehead atoms. The quantitative estimate of drug-likeness (QED) is 0.0261. The molecule has 6 heteroatoms. The van der Waals surface area contributed by atoms with E-state index in [2.05, 4.69) is 45.1 Å². The summed E-state index contributed by atoms with van der Waals surface area (Å²) in [6, 6.07) is 0. The lowest BCUT2D eigenvalue weighted by Gasteiger charge is -2.18. The maximum absolute atomic E-state index is 12.8. The van der Waals surface area contributed by atoms with Crippen molar-refractivity contribution >= 4 is 17.9 Å². The van der Waals surface area contributed by atoms with Crippen LogP contribution < -0.4 is 0 Å². The van der Waals surface area contributed by atoms with Gasteiger partial charge in [0.25, 0.3) is 0 Å². The summed E-state index contributed by atoms with van der Waals surface area (Å²) in [5.41, 5.74) is 0. The smallest absolute Gasteiger partial charge is 0.306 e. The Balaban J connectivity index is 3.87. The Kier molecular flexibility index (Phi) is 67.6. The summed E-state index contributed by atoms with van der Waals surface area (Å²) in [5.74, 6) is -0.857. The zero-order chi connectivity index (χ0) is 57.8. The summed E-state index contributed by atoms with van der Waals surface area (Å²) in [7, 11) is 0. The minimum absolute atomic E-state index is 0.0672. The van der Waals surface area contributed by atoms with E-state index in [1.165, 1.54) is 302 Å². The molecule has 80 heavy (non-hydrogen) atoms. The monoisotopic (exact) mass is 1130 g/mol. The van der Waals surface area contributed by atoms with Crippen molar-refractivity contribution in [3.63, 3.8) is 0 Å². The number of rotatable bonds is 68. The normalized spacial score (nSPS) is 12.1. The van der Waals surface area contributed by atoms with Gasteiger partial charge in [-0.1, -0.05) is 366 Å². The second-order valence-corrected chi connectivity index (χ2v) is 24.9. The first-order valence-corrected chi connectivity index (χ1v) is 36.3. The van der Waals surface area contributed by atoms with Crippen LogP contribution in [0.3, 0.4) is 0 Å². The Morgan fingerprint density at radius 2 is 0.450 bits per heavy atom. The van der Waals surface area contributed by atoms with Gasteiger partial charge in [-0.25, -0.2) is 0 Å². The summed E-state index contributed by atoms with van der Waals surface area (Å²) in [6.07, 6.45) is 85.7. The molecule has 6 nitrogen and oxygen atoms in total. The van der Waals surface area contributed by atoms with Crippen LogP contribution in [0, 0.1) is 0 Å². The molecule has 0 aromatic heterocycles. The van der Waals surface area contributed by atoms with Crippen LogP contribution in [0.1, 0.15) is 412 Å². The van der Waals surface area contributed by atoms with Crippen LogP contribution in [0.15, 0.2) is 24.3 Å². The number of esters is 3. The van der Waals surface area contributed by atoms with Gasteiger partial charge in [-0.3, -0.25) is 14.4 Å². The van der Waals surface area contributed by atoms with Crippen LogP contribution >= 0.6 is 0 Å². The first-order valence-electron chi connectivity index (χ1n) is 36.3. The van der Waals surface area contributed by atoms with E-state index in [1.54, 1.807) is 0 Å². The molecular formula is C74H140O6. The maximum Gasteiger partial charge on any atom is 0.306 e. The second kappa shape index (κ2) is 69.4. The standard InChI is InChI=1S/C74H140O6/c1-4-7-10-13-15-17-19-21-23-25-27-29-31-32-33-34-35-36-37-38-39-40-41-43-44-46-48-50-52-54-56-58-61-64-67-73(76)79-70-71(69-78-72(75)66-63-60-12-9-6-3)80-74(77)68-65-62-59-57-55-53-51-49-47-45-42-30-28-26-24-22-20-18-16-14-11-8-5-2/h20,22,26,28,71H,4-19,21,23-25,27,29-70H2,1-3H3/b22-20-,28-26-. The topological polar surface area (TPSA) is 78.9 Å². The van der Waals surface area contributed by atoms with Crippen LogP contribution in [0.25, 0.3) is 0 Å². The van der Waals surface area contributed by atoms with Crippen LogP contribution in [0.2, 0.25) is 0 Å². The van der Waals surface area contributed by atoms with Crippen molar-refractivity contribution in [3.8, 4) is 0 Å². The van der Waals surface area contributed by atoms with Gasteiger partial charge in [0.1, 0.15) is 13.2 Å². The predicted molar refractivity (Wildman–Crippen MR) is 349 cm³/mol. The fourth-order valence-electron chi connectivity index (χ4n) is 11.2. The van der Waals surface area contributed by atoms with Crippen molar-refractivity contribution in [1.29, 1.82) is 0 Å². The Bertz CT molecular complexity index is 1290. The Morgan fingerprint density at radius 3 is 0.688 bits per heavy atom. The minimum atomic E-state index is -0.767. The van der Waals surface area contributed by atoms with Gasteiger partial charge in [0.05, 0.1) is 0 Å². The first-order chi connectivity index (χ1) is 39.5.